The average molecular weight is 346 g/mol. The van der Waals surface area contributed by atoms with Gasteiger partial charge in [-0.25, -0.2) is 9.37 Å². The molecule has 0 saturated heterocycles. The van der Waals surface area contributed by atoms with Gasteiger partial charge in [0.05, 0.1) is 13.7 Å². The van der Waals surface area contributed by atoms with Crippen molar-refractivity contribution in [2.24, 2.45) is 4.99 Å². The minimum atomic E-state index is -0.282. The van der Waals surface area contributed by atoms with Gasteiger partial charge in [-0.2, -0.15) is 0 Å². The number of hydrogen-bond acceptors (Lipinski definition) is 4. The van der Waals surface area contributed by atoms with Crippen LogP contribution >= 0.6 is 0 Å². The van der Waals surface area contributed by atoms with E-state index in [1.54, 1.807) is 32.5 Å². The molecule has 1 heterocycles. The molecule has 1 aromatic carbocycles. The van der Waals surface area contributed by atoms with Crippen molar-refractivity contribution in [3.8, 4) is 11.6 Å². The number of ether oxygens (including phenoxy) is 2. The zero-order valence-electron chi connectivity index (χ0n) is 14.6. The summed E-state index contributed by atoms with van der Waals surface area (Å²) in [5, 5.41) is 6.41. The normalized spacial score (nSPS) is 12.4. The van der Waals surface area contributed by atoms with E-state index in [4.69, 9.17) is 9.47 Å². The molecule has 0 saturated carbocycles. The fourth-order valence-corrected chi connectivity index (χ4v) is 2.11. The van der Waals surface area contributed by atoms with Gasteiger partial charge in [-0.1, -0.05) is 0 Å². The van der Waals surface area contributed by atoms with Crippen molar-refractivity contribution < 1.29 is 13.9 Å². The minimum Gasteiger partial charge on any atom is -0.489 e. The van der Waals surface area contributed by atoms with Gasteiger partial charge in [0, 0.05) is 25.9 Å². The number of benzene rings is 1. The van der Waals surface area contributed by atoms with Crippen LogP contribution in [0.1, 0.15) is 12.5 Å². The third-order valence-corrected chi connectivity index (χ3v) is 3.40. The molecule has 0 fully saturated rings. The number of aromatic nitrogens is 1. The Kier molecular flexibility index (Phi) is 7.00. The van der Waals surface area contributed by atoms with Crippen molar-refractivity contribution in [2.45, 2.75) is 19.6 Å². The van der Waals surface area contributed by atoms with Gasteiger partial charge in [-0.05, 0) is 42.8 Å². The maximum absolute atomic E-state index is 12.9. The minimum absolute atomic E-state index is 0.106. The van der Waals surface area contributed by atoms with E-state index in [0.29, 0.717) is 30.7 Å². The summed E-state index contributed by atoms with van der Waals surface area (Å²) in [5.74, 6) is 1.58. The van der Waals surface area contributed by atoms with Gasteiger partial charge in [0.15, 0.2) is 5.96 Å². The molecular weight excluding hydrogens is 323 g/mol. The Labute approximate surface area is 147 Å². The Morgan fingerprint density at radius 2 is 2.00 bits per heavy atom. The van der Waals surface area contributed by atoms with Crippen molar-refractivity contribution in [3.05, 3.63) is 54.0 Å². The molecule has 1 aromatic heterocycles. The number of aliphatic imine (C=N–C) groups is 1. The molecule has 0 spiro atoms. The zero-order valence-corrected chi connectivity index (χ0v) is 14.6. The molecule has 0 aliphatic heterocycles. The molecule has 1 atom stereocenters. The van der Waals surface area contributed by atoms with E-state index in [2.05, 4.69) is 20.6 Å². The van der Waals surface area contributed by atoms with E-state index in [0.717, 1.165) is 5.56 Å². The molecule has 2 rings (SSSR count). The first-order valence-corrected chi connectivity index (χ1v) is 7.96. The summed E-state index contributed by atoms with van der Waals surface area (Å²) in [6.07, 6.45) is 1.59. The maximum Gasteiger partial charge on any atom is 0.213 e. The molecule has 0 bridgehead atoms. The van der Waals surface area contributed by atoms with Gasteiger partial charge < -0.3 is 20.1 Å². The molecule has 134 valence electrons. The van der Waals surface area contributed by atoms with E-state index >= 15 is 0 Å². The summed E-state index contributed by atoms with van der Waals surface area (Å²) < 4.78 is 23.7. The van der Waals surface area contributed by atoms with Crippen LogP contribution in [0.5, 0.6) is 11.6 Å². The molecule has 6 nitrogen and oxygen atoms in total. The van der Waals surface area contributed by atoms with Gasteiger partial charge in [-0.3, -0.25) is 4.99 Å². The second-order valence-corrected chi connectivity index (χ2v) is 5.40. The van der Waals surface area contributed by atoms with Gasteiger partial charge in [0.25, 0.3) is 0 Å². The van der Waals surface area contributed by atoms with Crippen LogP contribution in [0.25, 0.3) is 0 Å². The summed E-state index contributed by atoms with van der Waals surface area (Å²) in [4.78, 5) is 8.25. The highest BCUT2D eigenvalue weighted by Crippen LogP contribution is 2.12. The van der Waals surface area contributed by atoms with E-state index < -0.39 is 0 Å². The lowest BCUT2D eigenvalue weighted by Crippen LogP contribution is -2.41. The number of nitrogens with zero attached hydrogens (tertiary/aromatic N) is 2. The number of guanidine groups is 1. The van der Waals surface area contributed by atoms with Crippen LogP contribution in [-0.4, -0.2) is 37.7 Å². The van der Waals surface area contributed by atoms with E-state index in [1.165, 1.54) is 12.1 Å². The Morgan fingerprint density at radius 3 is 2.68 bits per heavy atom. The fraction of sp³-hybridized carbons (Fsp3) is 0.333. The molecule has 7 heteroatoms. The maximum atomic E-state index is 12.9. The number of nitrogens with one attached hydrogen (secondary N) is 2. The number of halogens is 1. The Bertz CT molecular complexity index is 692. The van der Waals surface area contributed by atoms with Crippen LogP contribution in [0.4, 0.5) is 4.39 Å². The van der Waals surface area contributed by atoms with Gasteiger partial charge >= 0.3 is 0 Å². The van der Waals surface area contributed by atoms with Crippen LogP contribution in [0.15, 0.2) is 47.6 Å². The predicted octanol–water partition coefficient (Wildman–Crippen LogP) is 2.36. The number of methoxy groups -OCH3 is 1. The second kappa shape index (κ2) is 9.46. The lowest BCUT2D eigenvalue weighted by atomic mass is 10.2. The lowest BCUT2D eigenvalue weighted by molar-refractivity contribution is 0.223. The van der Waals surface area contributed by atoms with Crippen LogP contribution in [0.3, 0.4) is 0 Å². The Morgan fingerprint density at radius 1 is 1.24 bits per heavy atom. The highest BCUT2D eigenvalue weighted by atomic mass is 19.1. The first kappa shape index (κ1) is 18.5. The highest BCUT2D eigenvalue weighted by molar-refractivity contribution is 5.79. The monoisotopic (exact) mass is 346 g/mol. The van der Waals surface area contributed by atoms with E-state index in [-0.39, 0.29) is 11.9 Å². The summed E-state index contributed by atoms with van der Waals surface area (Å²) in [6, 6.07) is 9.73. The van der Waals surface area contributed by atoms with Crippen LogP contribution < -0.4 is 20.1 Å². The largest absolute Gasteiger partial charge is 0.489 e. The first-order chi connectivity index (χ1) is 12.1. The fourth-order valence-electron chi connectivity index (χ4n) is 2.11. The van der Waals surface area contributed by atoms with Crippen molar-refractivity contribution >= 4 is 5.96 Å². The summed E-state index contributed by atoms with van der Waals surface area (Å²) >= 11 is 0. The highest BCUT2D eigenvalue weighted by Gasteiger charge is 2.06. The first-order valence-electron chi connectivity index (χ1n) is 7.96. The van der Waals surface area contributed by atoms with E-state index in [9.17, 15) is 4.39 Å². The van der Waals surface area contributed by atoms with E-state index in [1.807, 2.05) is 19.1 Å². The second-order valence-electron chi connectivity index (χ2n) is 5.40. The number of pyridine rings is 1. The number of hydrogen-bond donors (Lipinski definition) is 2. The SMILES string of the molecule is CN=C(NCc1ccnc(OC)c1)NCC(C)Oc1ccc(F)cc1. The molecule has 1 unspecified atom stereocenters. The van der Waals surface area contributed by atoms with Crippen molar-refractivity contribution in [2.75, 3.05) is 20.7 Å². The molecule has 25 heavy (non-hydrogen) atoms. The van der Waals surface area contributed by atoms with Gasteiger partial charge in [0.1, 0.15) is 17.7 Å². The summed E-state index contributed by atoms with van der Waals surface area (Å²) in [6.45, 7) is 3.07. The number of rotatable bonds is 7. The Hall–Kier alpha value is -2.83. The molecule has 0 aliphatic carbocycles. The molecule has 2 aromatic rings. The predicted molar refractivity (Wildman–Crippen MR) is 95.5 cm³/mol. The quantitative estimate of drug-likeness (QED) is 0.595. The summed E-state index contributed by atoms with van der Waals surface area (Å²) in [5.41, 5.74) is 1.03. The van der Waals surface area contributed by atoms with Crippen molar-refractivity contribution in [1.82, 2.24) is 15.6 Å². The van der Waals surface area contributed by atoms with Crippen LogP contribution in [0.2, 0.25) is 0 Å². The standard InChI is InChI=1S/C18H23FN4O2/c1-13(25-16-6-4-15(19)5-7-16)11-22-18(20-2)23-12-14-8-9-21-17(10-14)24-3/h4-10,13H,11-12H2,1-3H3,(H2,20,22,23). The smallest absolute Gasteiger partial charge is 0.213 e. The molecular formula is C18H23FN4O2. The molecule has 0 aliphatic rings. The van der Waals surface area contributed by atoms with Gasteiger partial charge in [-0.15, -0.1) is 0 Å². The molecule has 0 amide bonds. The lowest BCUT2D eigenvalue weighted by Gasteiger charge is -2.18. The zero-order chi connectivity index (χ0) is 18.1. The average Bonchev–Trinajstić information content (AvgIpc) is 2.64. The summed E-state index contributed by atoms with van der Waals surface area (Å²) in [7, 11) is 3.29. The molecule has 2 N–H and O–H groups in total. The van der Waals surface area contributed by atoms with Crippen molar-refractivity contribution in [1.29, 1.82) is 0 Å². The van der Waals surface area contributed by atoms with Gasteiger partial charge in [0.2, 0.25) is 5.88 Å². The third kappa shape index (κ3) is 6.29. The Balaban J connectivity index is 1.78. The van der Waals surface area contributed by atoms with Crippen LogP contribution in [0, 0.1) is 5.82 Å². The van der Waals surface area contributed by atoms with Crippen molar-refractivity contribution in [3.63, 3.8) is 0 Å². The third-order valence-electron chi connectivity index (χ3n) is 3.40. The topological polar surface area (TPSA) is 67.8 Å². The molecule has 0 radical (unpaired) electrons. The van der Waals surface area contributed by atoms with Crippen LogP contribution in [-0.2, 0) is 6.54 Å².